The lowest BCUT2D eigenvalue weighted by Crippen LogP contribution is -2.35. The van der Waals surface area contributed by atoms with Gasteiger partial charge in [0.15, 0.2) is 0 Å². The number of nitrogens with zero attached hydrogens (tertiary/aromatic N) is 1. The number of benzene rings is 1. The summed E-state index contributed by atoms with van der Waals surface area (Å²) in [6.07, 6.45) is 5.78. The van der Waals surface area contributed by atoms with Gasteiger partial charge in [0.25, 0.3) is 5.69 Å². The SMILES string of the molecule is O=Cc1ccc(NCC2(CO)CCCCC2)c([N+](=O)[O-])c1. The van der Waals surface area contributed by atoms with E-state index in [2.05, 4.69) is 5.32 Å². The van der Waals surface area contributed by atoms with Crippen molar-refractivity contribution in [2.24, 2.45) is 5.41 Å². The highest BCUT2D eigenvalue weighted by molar-refractivity contribution is 5.79. The van der Waals surface area contributed by atoms with Crippen LogP contribution in [0, 0.1) is 15.5 Å². The largest absolute Gasteiger partial charge is 0.396 e. The Morgan fingerprint density at radius 1 is 1.33 bits per heavy atom. The molecule has 0 heterocycles. The molecule has 0 aromatic heterocycles. The highest BCUT2D eigenvalue weighted by Crippen LogP contribution is 2.37. The molecule has 114 valence electrons. The van der Waals surface area contributed by atoms with E-state index in [1.165, 1.54) is 12.5 Å². The number of aliphatic hydroxyl groups is 1. The molecule has 0 saturated heterocycles. The van der Waals surface area contributed by atoms with E-state index < -0.39 is 4.92 Å². The van der Waals surface area contributed by atoms with Crippen LogP contribution in [0.1, 0.15) is 42.5 Å². The van der Waals surface area contributed by atoms with Crippen LogP contribution in [0.3, 0.4) is 0 Å². The minimum absolute atomic E-state index is 0.0836. The Morgan fingerprint density at radius 2 is 2.05 bits per heavy atom. The molecule has 1 fully saturated rings. The topological polar surface area (TPSA) is 92.5 Å². The van der Waals surface area contributed by atoms with Crippen molar-refractivity contribution in [2.75, 3.05) is 18.5 Å². The van der Waals surface area contributed by atoms with Gasteiger partial charge < -0.3 is 10.4 Å². The standard InChI is InChI=1S/C15H20N2O4/c18-9-12-4-5-13(14(8-12)17(20)21)16-10-15(11-19)6-2-1-3-7-15/h4-5,8-9,16,19H,1-3,6-7,10-11H2. The second kappa shape index (κ2) is 6.67. The molecule has 1 aliphatic carbocycles. The normalized spacial score (nSPS) is 17.2. The number of aliphatic hydroxyl groups excluding tert-OH is 1. The molecular formula is C15H20N2O4. The first kappa shape index (κ1) is 15.4. The lowest BCUT2D eigenvalue weighted by molar-refractivity contribution is -0.384. The summed E-state index contributed by atoms with van der Waals surface area (Å²) in [6.45, 7) is 0.588. The van der Waals surface area contributed by atoms with Gasteiger partial charge in [-0.3, -0.25) is 14.9 Å². The number of anilines is 1. The van der Waals surface area contributed by atoms with Crippen LogP contribution in [0.4, 0.5) is 11.4 Å². The van der Waals surface area contributed by atoms with Gasteiger partial charge in [0.2, 0.25) is 0 Å². The van der Waals surface area contributed by atoms with E-state index in [9.17, 15) is 20.0 Å². The highest BCUT2D eigenvalue weighted by atomic mass is 16.6. The van der Waals surface area contributed by atoms with Gasteiger partial charge in [-0.1, -0.05) is 19.3 Å². The average molecular weight is 292 g/mol. The van der Waals surface area contributed by atoms with Gasteiger partial charge >= 0.3 is 0 Å². The minimum atomic E-state index is -0.498. The third-order valence-corrected chi connectivity index (χ3v) is 4.26. The first-order valence-corrected chi connectivity index (χ1v) is 7.19. The van der Waals surface area contributed by atoms with E-state index in [0.717, 1.165) is 25.7 Å². The van der Waals surface area contributed by atoms with Crippen molar-refractivity contribution < 1.29 is 14.8 Å². The molecular weight excluding hydrogens is 272 g/mol. The molecule has 6 heteroatoms. The van der Waals surface area contributed by atoms with Crippen molar-refractivity contribution in [3.8, 4) is 0 Å². The second-order valence-electron chi connectivity index (χ2n) is 5.72. The minimum Gasteiger partial charge on any atom is -0.396 e. The molecule has 0 bridgehead atoms. The van der Waals surface area contributed by atoms with Crippen molar-refractivity contribution in [1.82, 2.24) is 0 Å². The number of aldehydes is 1. The lowest BCUT2D eigenvalue weighted by Gasteiger charge is -2.35. The molecule has 0 spiro atoms. The number of nitrogens with one attached hydrogen (secondary N) is 1. The Bertz CT molecular complexity index is 524. The maximum atomic E-state index is 11.1. The van der Waals surface area contributed by atoms with Gasteiger partial charge in [-0.2, -0.15) is 0 Å². The molecule has 2 rings (SSSR count). The molecule has 1 aliphatic rings. The van der Waals surface area contributed by atoms with Gasteiger partial charge in [0.1, 0.15) is 12.0 Å². The number of hydrogen-bond acceptors (Lipinski definition) is 5. The number of rotatable bonds is 6. The Hall–Kier alpha value is -1.95. The first-order chi connectivity index (χ1) is 10.1. The van der Waals surface area contributed by atoms with E-state index >= 15 is 0 Å². The molecule has 0 amide bonds. The fraction of sp³-hybridized carbons (Fsp3) is 0.533. The molecule has 1 aromatic rings. The number of hydrogen-bond donors (Lipinski definition) is 2. The smallest absolute Gasteiger partial charge is 0.293 e. The number of nitro groups is 1. The van der Waals surface area contributed by atoms with Gasteiger partial charge in [-0.05, 0) is 25.0 Å². The molecule has 1 saturated carbocycles. The zero-order valence-electron chi connectivity index (χ0n) is 11.9. The number of carbonyl (C=O) groups is 1. The Kier molecular flexibility index (Phi) is 4.90. The summed E-state index contributed by atoms with van der Waals surface area (Å²) < 4.78 is 0. The van der Waals surface area contributed by atoms with Crippen LogP contribution in [-0.4, -0.2) is 29.5 Å². The quantitative estimate of drug-likeness (QED) is 0.478. The van der Waals surface area contributed by atoms with Gasteiger partial charge in [0.05, 0.1) is 11.5 Å². The van der Waals surface area contributed by atoms with Crippen molar-refractivity contribution in [2.45, 2.75) is 32.1 Å². The van der Waals surface area contributed by atoms with Gasteiger partial charge in [0, 0.05) is 23.6 Å². The molecule has 0 atom stereocenters. The number of nitro benzene ring substituents is 1. The molecule has 2 N–H and O–H groups in total. The predicted octanol–water partition coefficient (Wildman–Crippen LogP) is 2.76. The predicted molar refractivity (Wildman–Crippen MR) is 79.6 cm³/mol. The maximum absolute atomic E-state index is 11.1. The van der Waals surface area contributed by atoms with Crippen LogP contribution in [0.15, 0.2) is 18.2 Å². The molecule has 0 aliphatic heterocycles. The van der Waals surface area contributed by atoms with Crippen LogP contribution < -0.4 is 5.32 Å². The zero-order chi connectivity index (χ0) is 15.3. The van der Waals surface area contributed by atoms with Crippen molar-refractivity contribution in [3.63, 3.8) is 0 Å². The molecule has 1 aromatic carbocycles. The van der Waals surface area contributed by atoms with Gasteiger partial charge in [-0.25, -0.2) is 0 Å². The lowest BCUT2D eigenvalue weighted by atomic mass is 9.74. The third-order valence-electron chi connectivity index (χ3n) is 4.26. The average Bonchev–Trinajstić information content (AvgIpc) is 2.53. The van der Waals surface area contributed by atoms with E-state index in [4.69, 9.17) is 0 Å². The van der Waals surface area contributed by atoms with Crippen LogP contribution in [0.25, 0.3) is 0 Å². The summed E-state index contributed by atoms with van der Waals surface area (Å²) in [6, 6.07) is 4.37. The monoisotopic (exact) mass is 292 g/mol. The summed E-state index contributed by atoms with van der Waals surface area (Å²) in [5.74, 6) is 0. The molecule has 6 nitrogen and oxygen atoms in total. The summed E-state index contributed by atoms with van der Waals surface area (Å²) >= 11 is 0. The highest BCUT2D eigenvalue weighted by Gasteiger charge is 2.31. The van der Waals surface area contributed by atoms with E-state index in [-0.39, 0.29) is 23.3 Å². The third kappa shape index (κ3) is 3.58. The summed E-state index contributed by atoms with van der Waals surface area (Å²) in [5, 5.41) is 23.8. The van der Waals surface area contributed by atoms with Crippen LogP contribution in [-0.2, 0) is 0 Å². The van der Waals surface area contributed by atoms with Crippen molar-refractivity contribution in [1.29, 1.82) is 0 Å². The van der Waals surface area contributed by atoms with Crippen molar-refractivity contribution in [3.05, 3.63) is 33.9 Å². The second-order valence-corrected chi connectivity index (χ2v) is 5.72. The van der Waals surface area contributed by atoms with Crippen LogP contribution >= 0.6 is 0 Å². The fourth-order valence-corrected chi connectivity index (χ4v) is 2.90. The maximum Gasteiger partial charge on any atom is 0.293 e. The van der Waals surface area contributed by atoms with E-state index in [1.807, 2.05) is 0 Å². The summed E-state index contributed by atoms with van der Waals surface area (Å²) in [4.78, 5) is 21.3. The van der Waals surface area contributed by atoms with Crippen LogP contribution in [0.5, 0.6) is 0 Å². The summed E-state index contributed by atoms with van der Waals surface area (Å²) in [7, 11) is 0. The van der Waals surface area contributed by atoms with Crippen LogP contribution in [0.2, 0.25) is 0 Å². The summed E-state index contributed by atoms with van der Waals surface area (Å²) in [5.41, 5.74) is 0.365. The molecule has 0 radical (unpaired) electrons. The number of carbonyl (C=O) groups excluding carboxylic acids is 1. The Balaban J connectivity index is 2.15. The Morgan fingerprint density at radius 3 is 2.62 bits per heavy atom. The first-order valence-electron chi connectivity index (χ1n) is 7.19. The van der Waals surface area contributed by atoms with Crippen molar-refractivity contribution >= 4 is 17.7 Å². The molecule has 0 unspecified atom stereocenters. The van der Waals surface area contributed by atoms with E-state index in [0.29, 0.717) is 18.5 Å². The van der Waals surface area contributed by atoms with Gasteiger partial charge in [-0.15, -0.1) is 0 Å². The molecule has 21 heavy (non-hydrogen) atoms. The van der Waals surface area contributed by atoms with E-state index in [1.54, 1.807) is 12.1 Å². The fourth-order valence-electron chi connectivity index (χ4n) is 2.90. The Labute approximate surface area is 123 Å². The zero-order valence-corrected chi connectivity index (χ0v) is 11.9.